The maximum absolute atomic E-state index is 13.4. The van der Waals surface area contributed by atoms with Crippen molar-refractivity contribution < 1.29 is 66.0 Å². The number of ketones is 2. The average Bonchev–Trinajstić information content (AvgIpc) is 3.64. The van der Waals surface area contributed by atoms with Gasteiger partial charge in [0, 0.05) is 12.8 Å². The van der Waals surface area contributed by atoms with Crippen LogP contribution in [0.15, 0.2) is 73.1 Å². The Balaban J connectivity index is 0.000000172. The Morgan fingerprint density at radius 3 is 1.68 bits per heavy atom. The number of benzene rings is 2. The molecule has 0 spiro atoms. The lowest BCUT2D eigenvalue weighted by molar-refractivity contribution is -0.139. The Hall–Kier alpha value is -7.24. The van der Waals surface area contributed by atoms with Crippen molar-refractivity contribution >= 4 is 35.3 Å². The summed E-state index contributed by atoms with van der Waals surface area (Å²) in [5.74, 6) is -7.13. The number of pyridine rings is 2. The van der Waals surface area contributed by atoms with Crippen molar-refractivity contribution in [3.05, 3.63) is 141 Å². The Bertz CT molecular complexity index is 2370. The van der Waals surface area contributed by atoms with Gasteiger partial charge in [-0.3, -0.25) is 28.6 Å². The number of amides is 2. The summed E-state index contributed by atoms with van der Waals surface area (Å²) >= 11 is 0. The number of aromatic hydroxyl groups is 2. The van der Waals surface area contributed by atoms with E-state index in [4.69, 9.17) is 0 Å². The minimum Gasteiger partial charge on any atom is -0.494 e. The van der Waals surface area contributed by atoms with Crippen LogP contribution in [-0.4, -0.2) is 79.2 Å². The molecular formula is C38H28F4N4O10. The number of methoxy groups -OCH3 is 2. The van der Waals surface area contributed by atoms with E-state index in [1.165, 1.54) is 41.3 Å². The van der Waals surface area contributed by atoms with E-state index in [0.717, 1.165) is 48.9 Å². The lowest BCUT2D eigenvalue weighted by Crippen LogP contribution is -2.28. The molecule has 2 aromatic carbocycles. The molecule has 7 rings (SSSR count). The van der Waals surface area contributed by atoms with Crippen LogP contribution in [0.2, 0.25) is 0 Å². The van der Waals surface area contributed by atoms with Crippen LogP contribution in [0.5, 0.6) is 11.8 Å². The molecule has 1 fully saturated rings. The van der Waals surface area contributed by atoms with Crippen LogP contribution >= 0.6 is 0 Å². The standard InChI is InChI=1S/C18H10F2N2O4.C11H10FNO2.C9H8FNO4/c19-9-3-1-8(2-4-9)7-22-17(25)12-13(18(22)26)16(24)14-11(15(12)23)5-10(20)6-21-14;12-9-3-1-8(2-4-9)7-13-10(14)5-6-11(13)15;1-14-8(12)6-3-5(10)4-11-7(6)9(13)15-2/h1-6,25-26H,7H2;1-4H,5-7H2;3-4H,1-2H3. The molecule has 0 unspecified atom stereocenters. The third-order valence-corrected chi connectivity index (χ3v) is 8.28. The average molecular weight is 777 g/mol. The van der Waals surface area contributed by atoms with Gasteiger partial charge in [0.05, 0.1) is 56.4 Å². The van der Waals surface area contributed by atoms with E-state index in [-0.39, 0.29) is 58.8 Å². The lowest BCUT2D eigenvalue weighted by Gasteiger charge is -2.13. The first-order valence-electron chi connectivity index (χ1n) is 16.2. The Morgan fingerprint density at radius 1 is 0.661 bits per heavy atom. The third kappa shape index (κ3) is 8.43. The molecule has 2 N–H and O–H groups in total. The highest BCUT2D eigenvalue weighted by atomic mass is 19.1. The minimum absolute atomic E-state index is 0.107. The van der Waals surface area contributed by atoms with Crippen molar-refractivity contribution in [2.24, 2.45) is 0 Å². The Labute approximate surface area is 313 Å². The molecule has 288 valence electrons. The fourth-order valence-electron chi connectivity index (χ4n) is 5.53. The van der Waals surface area contributed by atoms with Crippen LogP contribution in [0, 0.1) is 23.3 Å². The SMILES string of the molecule is COC(=O)c1cc(F)cnc1C(=O)OC.O=C1CCC(=O)N1Cc1ccc(F)cc1.O=C1c2cc(F)cnc2C(=O)c2c1c(O)n(Cc1ccc(F)cc1)c2O. The molecule has 5 aromatic rings. The van der Waals surface area contributed by atoms with Crippen LogP contribution in [0.3, 0.4) is 0 Å². The summed E-state index contributed by atoms with van der Waals surface area (Å²) in [6.07, 6.45) is 2.19. The first-order valence-corrected chi connectivity index (χ1v) is 16.2. The number of esters is 2. The van der Waals surface area contributed by atoms with E-state index in [1.54, 1.807) is 12.1 Å². The fourth-order valence-corrected chi connectivity index (χ4v) is 5.53. The van der Waals surface area contributed by atoms with Crippen molar-refractivity contribution in [3.63, 3.8) is 0 Å². The summed E-state index contributed by atoms with van der Waals surface area (Å²) < 4.78 is 61.5. The van der Waals surface area contributed by atoms with Gasteiger partial charge in [-0.05, 0) is 47.5 Å². The van der Waals surface area contributed by atoms with Gasteiger partial charge < -0.3 is 19.7 Å². The summed E-state index contributed by atoms with van der Waals surface area (Å²) in [6.45, 7) is 0.140. The molecule has 2 aliphatic rings. The van der Waals surface area contributed by atoms with Crippen molar-refractivity contribution in [2.75, 3.05) is 14.2 Å². The number of imide groups is 1. The van der Waals surface area contributed by atoms with E-state index in [2.05, 4.69) is 19.4 Å². The summed E-state index contributed by atoms with van der Waals surface area (Å²) in [6, 6.07) is 12.8. The first kappa shape index (κ1) is 40.0. The van der Waals surface area contributed by atoms with Crippen LogP contribution < -0.4 is 0 Å². The molecule has 3 aromatic heterocycles. The normalized spacial score (nSPS) is 12.9. The molecule has 1 aliphatic heterocycles. The quantitative estimate of drug-likeness (QED) is 0.135. The van der Waals surface area contributed by atoms with Crippen molar-refractivity contribution in [2.45, 2.75) is 25.9 Å². The molecule has 56 heavy (non-hydrogen) atoms. The number of rotatable bonds is 6. The molecule has 0 radical (unpaired) electrons. The topological polar surface area (TPSA) is 195 Å². The van der Waals surface area contributed by atoms with Gasteiger partial charge in [-0.2, -0.15) is 0 Å². The minimum atomic E-state index is -0.845. The number of aromatic nitrogens is 3. The molecule has 4 heterocycles. The second-order valence-corrected chi connectivity index (χ2v) is 11.9. The summed E-state index contributed by atoms with van der Waals surface area (Å²) in [7, 11) is 2.25. The maximum atomic E-state index is 13.4. The molecule has 0 bridgehead atoms. The van der Waals surface area contributed by atoms with Gasteiger partial charge in [0.25, 0.3) is 0 Å². The van der Waals surface area contributed by atoms with Crippen molar-refractivity contribution in [1.82, 2.24) is 19.4 Å². The molecule has 1 aliphatic carbocycles. The van der Waals surface area contributed by atoms with Crippen LogP contribution in [0.25, 0.3) is 0 Å². The molecular weight excluding hydrogens is 748 g/mol. The molecule has 18 heteroatoms. The Morgan fingerprint density at radius 2 is 1.14 bits per heavy atom. The zero-order valence-electron chi connectivity index (χ0n) is 29.2. The van der Waals surface area contributed by atoms with Gasteiger partial charge >= 0.3 is 11.9 Å². The predicted octanol–water partition coefficient (Wildman–Crippen LogP) is 4.66. The summed E-state index contributed by atoms with van der Waals surface area (Å²) in [4.78, 5) is 78.4. The van der Waals surface area contributed by atoms with E-state index >= 15 is 0 Å². The number of hydrogen-bond acceptors (Lipinski definition) is 12. The number of ether oxygens (including phenoxy) is 2. The molecule has 0 atom stereocenters. The molecule has 14 nitrogen and oxygen atoms in total. The van der Waals surface area contributed by atoms with Gasteiger partial charge in [-0.25, -0.2) is 37.1 Å². The lowest BCUT2D eigenvalue weighted by atomic mass is 9.89. The number of likely N-dealkylation sites (tertiary alicyclic amines) is 1. The highest BCUT2D eigenvalue weighted by Gasteiger charge is 2.40. The number of carbonyl (C=O) groups excluding carboxylic acids is 6. The summed E-state index contributed by atoms with van der Waals surface area (Å²) in [5, 5.41) is 20.8. The van der Waals surface area contributed by atoms with Gasteiger partial charge in [0.1, 0.15) is 34.5 Å². The summed E-state index contributed by atoms with van der Waals surface area (Å²) in [5.41, 5.74) is -0.619. The fraction of sp³-hybridized carbons (Fsp3) is 0.158. The number of carbonyl (C=O) groups is 6. The smallest absolute Gasteiger partial charge is 0.357 e. The molecule has 0 saturated carbocycles. The van der Waals surface area contributed by atoms with Crippen LogP contribution in [-0.2, 0) is 32.2 Å². The second-order valence-electron chi connectivity index (χ2n) is 11.9. The highest BCUT2D eigenvalue weighted by molar-refractivity contribution is 6.29. The number of hydrogen-bond donors (Lipinski definition) is 2. The third-order valence-electron chi connectivity index (χ3n) is 8.28. The van der Waals surface area contributed by atoms with Crippen molar-refractivity contribution in [1.29, 1.82) is 0 Å². The number of halogens is 4. The van der Waals surface area contributed by atoms with Gasteiger partial charge in [0.2, 0.25) is 35.1 Å². The first-order chi connectivity index (χ1) is 26.6. The number of nitrogens with zero attached hydrogens (tertiary/aromatic N) is 4. The number of fused-ring (bicyclic) bond motifs is 2. The molecule has 2 amide bonds. The zero-order chi connectivity index (χ0) is 40.8. The Kier molecular flexibility index (Phi) is 12.0. The second kappa shape index (κ2) is 16.8. The zero-order valence-corrected chi connectivity index (χ0v) is 29.2. The van der Waals surface area contributed by atoms with E-state index in [0.29, 0.717) is 18.4 Å². The monoisotopic (exact) mass is 776 g/mol. The van der Waals surface area contributed by atoms with Gasteiger partial charge in [-0.1, -0.05) is 24.3 Å². The predicted molar refractivity (Wildman–Crippen MR) is 182 cm³/mol. The maximum Gasteiger partial charge on any atom is 0.357 e. The highest BCUT2D eigenvalue weighted by Crippen LogP contribution is 2.40. The van der Waals surface area contributed by atoms with E-state index < -0.39 is 58.3 Å². The van der Waals surface area contributed by atoms with E-state index in [9.17, 15) is 56.5 Å². The van der Waals surface area contributed by atoms with Crippen LogP contribution in [0.4, 0.5) is 17.6 Å². The molecule has 1 saturated heterocycles. The van der Waals surface area contributed by atoms with E-state index in [1.807, 2.05) is 0 Å². The van der Waals surface area contributed by atoms with Gasteiger partial charge in [-0.15, -0.1) is 0 Å². The van der Waals surface area contributed by atoms with Crippen molar-refractivity contribution in [3.8, 4) is 11.8 Å². The largest absolute Gasteiger partial charge is 0.494 e. The van der Waals surface area contributed by atoms with Gasteiger partial charge in [0.15, 0.2) is 5.69 Å². The van der Waals surface area contributed by atoms with Crippen LogP contribution in [0.1, 0.15) is 76.8 Å².